The van der Waals surface area contributed by atoms with E-state index in [0.717, 1.165) is 18.9 Å². The highest BCUT2D eigenvalue weighted by atomic mass is 16.5. The van der Waals surface area contributed by atoms with Crippen LogP contribution in [0.25, 0.3) is 0 Å². The second kappa shape index (κ2) is 8.44. The molecule has 0 spiro atoms. The number of rotatable bonds is 8. The van der Waals surface area contributed by atoms with E-state index in [9.17, 15) is 4.79 Å². The van der Waals surface area contributed by atoms with Gasteiger partial charge in [0.05, 0.1) is 18.5 Å². The van der Waals surface area contributed by atoms with Gasteiger partial charge in [0.1, 0.15) is 12.4 Å². The minimum absolute atomic E-state index is 0.00893. The lowest BCUT2D eigenvalue weighted by Gasteiger charge is -2.19. The maximum atomic E-state index is 11.5. The van der Waals surface area contributed by atoms with Crippen LogP contribution in [-0.2, 0) is 9.53 Å². The van der Waals surface area contributed by atoms with Gasteiger partial charge in [0.15, 0.2) is 0 Å². The van der Waals surface area contributed by atoms with E-state index in [1.165, 1.54) is 0 Å². The second-order valence-electron chi connectivity index (χ2n) is 3.97. The Bertz CT molecular complexity index is 377. The van der Waals surface area contributed by atoms with Gasteiger partial charge in [-0.3, -0.25) is 4.79 Å². The van der Waals surface area contributed by atoms with Crippen molar-refractivity contribution in [3.05, 3.63) is 18.3 Å². The summed E-state index contributed by atoms with van der Waals surface area (Å²) in [6.07, 6.45) is 1.65. The van der Waals surface area contributed by atoms with Crippen molar-refractivity contribution in [2.75, 3.05) is 43.1 Å². The summed E-state index contributed by atoms with van der Waals surface area (Å²) in [5.41, 5.74) is 5.93. The first-order valence-corrected chi connectivity index (χ1v) is 6.49. The third-order valence-corrected chi connectivity index (χ3v) is 2.61. The zero-order valence-electron chi connectivity index (χ0n) is 11.6. The third-order valence-electron chi connectivity index (χ3n) is 2.61. The van der Waals surface area contributed by atoms with E-state index in [-0.39, 0.29) is 12.5 Å². The molecule has 3 N–H and O–H groups in total. The summed E-state index contributed by atoms with van der Waals surface area (Å²) in [7, 11) is 0. The van der Waals surface area contributed by atoms with E-state index in [1.54, 1.807) is 6.20 Å². The number of nitrogens with two attached hydrogens (primary N) is 1. The molecular weight excluding hydrogens is 244 g/mol. The fourth-order valence-electron chi connectivity index (χ4n) is 1.64. The molecule has 6 nitrogen and oxygen atoms in total. The molecule has 0 atom stereocenters. The first kappa shape index (κ1) is 15.4. The molecule has 106 valence electrons. The molecule has 1 aromatic rings. The van der Waals surface area contributed by atoms with Crippen LogP contribution < -0.4 is 16.0 Å². The van der Waals surface area contributed by atoms with Gasteiger partial charge in [-0.2, -0.15) is 0 Å². The molecule has 0 aliphatic rings. The minimum atomic E-state index is -0.203. The quantitative estimate of drug-likeness (QED) is 0.682. The number of nitrogens with one attached hydrogen (secondary N) is 1. The van der Waals surface area contributed by atoms with E-state index in [1.807, 2.05) is 12.1 Å². The van der Waals surface area contributed by atoms with E-state index >= 15 is 0 Å². The van der Waals surface area contributed by atoms with Crippen LogP contribution in [-0.4, -0.2) is 43.7 Å². The highest BCUT2D eigenvalue weighted by molar-refractivity contribution is 5.91. The summed E-state index contributed by atoms with van der Waals surface area (Å²) < 4.78 is 5.05. The molecule has 19 heavy (non-hydrogen) atoms. The van der Waals surface area contributed by atoms with E-state index in [0.29, 0.717) is 18.8 Å². The number of aromatic nitrogens is 1. The van der Waals surface area contributed by atoms with Crippen molar-refractivity contribution >= 4 is 17.4 Å². The molecule has 1 heterocycles. The number of carbonyl (C=O) groups excluding carboxylic acids is 1. The molecular formula is C13H22N4O2. The topological polar surface area (TPSA) is 80.5 Å². The van der Waals surface area contributed by atoms with Crippen molar-refractivity contribution < 1.29 is 9.53 Å². The Balaban J connectivity index is 2.50. The van der Waals surface area contributed by atoms with Crippen molar-refractivity contribution in [3.8, 4) is 0 Å². The van der Waals surface area contributed by atoms with Gasteiger partial charge in [-0.05, 0) is 26.0 Å². The number of ether oxygens (including phenoxy) is 1. The van der Waals surface area contributed by atoms with Gasteiger partial charge >= 0.3 is 0 Å². The van der Waals surface area contributed by atoms with Crippen molar-refractivity contribution in [1.29, 1.82) is 0 Å². The predicted molar refractivity (Wildman–Crippen MR) is 76.3 cm³/mol. The van der Waals surface area contributed by atoms with Crippen molar-refractivity contribution in [2.45, 2.75) is 13.8 Å². The van der Waals surface area contributed by atoms with Crippen molar-refractivity contribution in [2.24, 2.45) is 5.73 Å². The van der Waals surface area contributed by atoms with Crippen molar-refractivity contribution in [3.63, 3.8) is 0 Å². The number of pyridine rings is 1. The van der Waals surface area contributed by atoms with Crippen LogP contribution in [0, 0.1) is 0 Å². The number of nitrogens with zero attached hydrogens (tertiary/aromatic N) is 2. The molecule has 0 saturated carbocycles. The molecule has 0 aliphatic carbocycles. The Morgan fingerprint density at radius 3 is 2.68 bits per heavy atom. The maximum Gasteiger partial charge on any atom is 0.250 e. The van der Waals surface area contributed by atoms with E-state index < -0.39 is 0 Å². The van der Waals surface area contributed by atoms with Gasteiger partial charge in [0.2, 0.25) is 5.91 Å². The normalized spacial score (nSPS) is 10.3. The molecule has 0 fully saturated rings. The van der Waals surface area contributed by atoms with Crippen LogP contribution in [0.15, 0.2) is 18.3 Å². The molecule has 0 aliphatic heterocycles. The molecule has 0 saturated heterocycles. The lowest BCUT2D eigenvalue weighted by Crippen LogP contribution is -2.23. The smallest absolute Gasteiger partial charge is 0.250 e. The third kappa shape index (κ3) is 5.23. The lowest BCUT2D eigenvalue weighted by atomic mass is 10.3. The Morgan fingerprint density at radius 2 is 2.16 bits per heavy atom. The first-order chi connectivity index (χ1) is 9.21. The minimum Gasteiger partial charge on any atom is -0.370 e. The van der Waals surface area contributed by atoms with Crippen LogP contribution >= 0.6 is 0 Å². The summed E-state index contributed by atoms with van der Waals surface area (Å²) in [5, 5.41) is 2.72. The van der Waals surface area contributed by atoms with Gasteiger partial charge in [-0.25, -0.2) is 4.98 Å². The lowest BCUT2D eigenvalue weighted by molar-refractivity contribution is -0.120. The Hall–Kier alpha value is -1.66. The highest BCUT2D eigenvalue weighted by Gasteiger charge is 2.05. The molecule has 1 amide bonds. The zero-order valence-corrected chi connectivity index (χ0v) is 11.6. The monoisotopic (exact) mass is 266 g/mol. The molecule has 0 aromatic carbocycles. The maximum absolute atomic E-state index is 11.5. The van der Waals surface area contributed by atoms with Crippen LogP contribution in [0.5, 0.6) is 0 Å². The summed E-state index contributed by atoms with van der Waals surface area (Å²) in [6.45, 7) is 6.77. The van der Waals surface area contributed by atoms with Crippen LogP contribution in [0.4, 0.5) is 11.5 Å². The molecule has 1 aromatic heterocycles. The highest BCUT2D eigenvalue weighted by Crippen LogP contribution is 2.13. The van der Waals surface area contributed by atoms with Gasteiger partial charge < -0.3 is 20.7 Å². The molecule has 0 unspecified atom stereocenters. The second-order valence-corrected chi connectivity index (χ2v) is 3.97. The Kier molecular flexibility index (Phi) is 6.84. The largest absolute Gasteiger partial charge is 0.370 e. The average molecular weight is 266 g/mol. The van der Waals surface area contributed by atoms with E-state index in [2.05, 4.69) is 29.0 Å². The van der Waals surface area contributed by atoms with Crippen LogP contribution in [0.1, 0.15) is 13.8 Å². The molecule has 0 bridgehead atoms. The Morgan fingerprint density at radius 1 is 1.42 bits per heavy atom. The molecule has 1 rings (SSSR count). The van der Waals surface area contributed by atoms with Gasteiger partial charge in [0.25, 0.3) is 0 Å². The van der Waals surface area contributed by atoms with Crippen LogP contribution in [0.3, 0.4) is 0 Å². The fraction of sp³-hybridized carbons (Fsp3) is 0.538. The van der Waals surface area contributed by atoms with Crippen molar-refractivity contribution in [1.82, 2.24) is 4.98 Å². The Labute approximate surface area is 113 Å². The average Bonchev–Trinajstić information content (AvgIpc) is 2.42. The number of amides is 1. The van der Waals surface area contributed by atoms with Gasteiger partial charge in [0, 0.05) is 19.6 Å². The van der Waals surface area contributed by atoms with E-state index in [4.69, 9.17) is 10.5 Å². The SMILES string of the molecule is CCN(CC)c1ccc(NC(=O)COCCN)cn1. The number of hydrogen-bond acceptors (Lipinski definition) is 5. The summed E-state index contributed by atoms with van der Waals surface area (Å²) in [6, 6.07) is 3.73. The number of carbonyl (C=O) groups is 1. The molecule has 0 radical (unpaired) electrons. The first-order valence-electron chi connectivity index (χ1n) is 6.49. The molecule has 6 heteroatoms. The summed E-state index contributed by atoms with van der Waals surface area (Å²) >= 11 is 0. The fourth-order valence-corrected chi connectivity index (χ4v) is 1.64. The standard InChI is InChI=1S/C13H22N4O2/c1-3-17(4-2)12-6-5-11(9-15-12)16-13(18)10-19-8-7-14/h5-6,9H,3-4,7-8,10,14H2,1-2H3,(H,16,18). The summed E-state index contributed by atoms with van der Waals surface area (Å²) in [4.78, 5) is 18.0. The number of anilines is 2. The summed E-state index contributed by atoms with van der Waals surface area (Å²) in [5.74, 6) is 0.702. The van der Waals surface area contributed by atoms with Gasteiger partial charge in [-0.1, -0.05) is 0 Å². The predicted octanol–water partition coefficient (Wildman–Crippen LogP) is 0.842. The van der Waals surface area contributed by atoms with Crippen LogP contribution in [0.2, 0.25) is 0 Å². The number of hydrogen-bond donors (Lipinski definition) is 2. The zero-order chi connectivity index (χ0) is 14.1. The van der Waals surface area contributed by atoms with Gasteiger partial charge in [-0.15, -0.1) is 0 Å².